The molecule has 16 heavy (non-hydrogen) atoms. The first-order valence-electron chi connectivity index (χ1n) is 6.07. The van der Waals surface area contributed by atoms with E-state index in [0.29, 0.717) is 6.42 Å². The first-order chi connectivity index (χ1) is 7.45. The molecular weight excluding hydrogens is 200 g/mol. The highest BCUT2D eigenvalue weighted by atomic mass is 16.2. The molecule has 0 aromatic rings. The highest BCUT2D eigenvalue weighted by Gasteiger charge is 2.22. The number of carbonyl (C=O) groups excluding carboxylic acids is 1. The van der Waals surface area contributed by atoms with Crippen molar-refractivity contribution in [3.05, 3.63) is 11.6 Å². The number of nitrogens with one attached hydrogen (secondary N) is 1. The van der Waals surface area contributed by atoms with Crippen LogP contribution in [0.5, 0.6) is 0 Å². The maximum Gasteiger partial charge on any atom is 0.224 e. The van der Waals surface area contributed by atoms with Crippen molar-refractivity contribution < 1.29 is 4.79 Å². The van der Waals surface area contributed by atoms with E-state index in [9.17, 15) is 4.79 Å². The Morgan fingerprint density at radius 2 is 2.19 bits per heavy atom. The molecule has 0 saturated heterocycles. The highest BCUT2D eigenvalue weighted by molar-refractivity contribution is 5.76. The Morgan fingerprint density at radius 3 is 2.62 bits per heavy atom. The number of rotatable bonds is 3. The van der Waals surface area contributed by atoms with Gasteiger partial charge in [0.05, 0.1) is 0 Å². The van der Waals surface area contributed by atoms with E-state index in [1.54, 1.807) is 0 Å². The lowest BCUT2D eigenvalue weighted by atomic mass is 9.83. The summed E-state index contributed by atoms with van der Waals surface area (Å²) in [5.74, 6) is 0.263. The summed E-state index contributed by atoms with van der Waals surface area (Å²) >= 11 is 0. The predicted molar refractivity (Wildman–Crippen MR) is 67.3 cm³/mol. The number of hydrogen-bond acceptors (Lipinski definition) is 2. The molecule has 0 atom stereocenters. The highest BCUT2D eigenvalue weighted by Crippen LogP contribution is 2.30. The van der Waals surface area contributed by atoms with E-state index in [2.05, 4.69) is 32.2 Å². The zero-order valence-corrected chi connectivity index (χ0v) is 11.0. The van der Waals surface area contributed by atoms with Gasteiger partial charge in [0.25, 0.3) is 0 Å². The number of amides is 1. The van der Waals surface area contributed by atoms with Crippen LogP contribution in [0.2, 0.25) is 0 Å². The molecule has 1 heterocycles. The fraction of sp³-hybridized carbons (Fsp3) is 0.769. The van der Waals surface area contributed by atoms with Gasteiger partial charge in [-0.25, -0.2) is 0 Å². The minimum absolute atomic E-state index is 0.250. The van der Waals surface area contributed by atoms with E-state index >= 15 is 0 Å². The van der Waals surface area contributed by atoms with E-state index in [4.69, 9.17) is 0 Å². The molecule has 0 bridgehead atoms. The van der Waals surface area contributed by atoms with Crippen LogP contribution in [0, 0.1) is 5.41 Å². The molecule has 0 aromatic heterocycles. The van der Waals surface area contributed by atoms with Gasteiger partial charge in [0.1, 0.15) is 0 Å². The molecule has 0 radical (unpaired) electrons. The van der Waals surface area contributed by atoms with Gasteiger partial charge in [0.15, 0.2) is 0 Å². The van der Waals surface area contributed by atoms with Gasteiger partial charge < -0.3 is 10.2 Å². The topological polar surface area (TPSA) is 32.3 Å². The summed E-state index contributed by atoms with van der Waals surface area (Å²) in [4.78, 5) is 13.7. The molecular formula is C13H24N2O. The van der Waals surface area contributed by atoms with Crippen LogP contribution in [-0.4, -0.2) is 37.5 Å². The average molecular weight is 224 g/mol. The van der Waals surface area contributed by atoms with Crippen molar-refractivity contribution in [3.8, 4) is 0 Å². The van der Waals surface area contributed by atoms with Gasteiger partial charge in [-0.15, -0.1) is 0 Å². The van der Waals surface area contributed by atoms with E-state index in [-0.39, 0.29) is 11.3 Å². The van der Waals surface area contributed by atoms with Crippen LogP contribution in [0.15, 0.2) is 11.6 Å². The first-order valence-corrected chi connectivity index (χ1v) is 6.07. The first kappa shape index (κ1) is 13.2. The Labute approximate surface area is 98.9 Å². The molecule has 1 aliphatic heterocycles. The summed E-state index contributed by atoms with van der Waals surface area (Å²) in [6.45, 7) is 9.14. The molecule has 0 aromatic carbocycles. The molecule has 0 spiro atoms. The fourth-order valence-electron chi connectivity index (χ4n) is 1.97. The van der Waals surface area contributed by atoms with Gasteiger partial charge in [-0.05, 0) is 18.9 Å². The Morgan fingerprint density at radius 1 is 1.50 bits per heavy atom. The Hall–Kier alpha value is -0.830. The van der Waals surface area contributed by atoms with E-state index in [1.807, 2.05) is 11.9 Å². The monoisotopic (exact) mass is 224 g/mol. The van der Waals surface area contributed by atoms with Crippen LogP contribution in [0.25, 0.3) is 0 Å². The Kier molecular flexibility index (Phi) is 4.54. The second-order valence-electron chi connectivity index (χ2n) is 5.42. The molecule has 1 amide bonds. The van der Waals surface area contributed by atoms with Gasteiger partial charge >= 0.3 is 0 Å². The predicted octanol–water partition coefficient (Wildman–Crippen LogP) is 1.80. The smallest absolute Gasteiger partial charge is 0.224 e. The van der Waals surface area contributed by atoms with Crippen molar-refractivity contribution >= 4 is 5.91 Å². The molecule has 0 aliphatic carbocycles. The summed E-state index contributed by atoms with van der Waals surface area (Å²) in [7, 11) is 1.88. The van der Waals surface area contributed by atoms with Crippen LogP contribution in [-0.2, 0) is 4.79 Å². The second-order valence-corrected chi connectivity index (χ2v) is 5.42. The Bertz CT molecular complexity index is 276. The molecule has 1 aliphatic rings. The van der Waals surface area contributed by atoms with Gasteiger partial charge in [-0.1, -0.05) is 32.4 Å². The normalized spacial score (nSPS) is 17.2. The third-order valence-electron chi connectivity index (χ3n) is 3.11. The SMILES string of the molecule is CNCCC(=O)N1CC=C(C(C)(C)C)CC1. The summed E-state index contributed by atoms with van der Waals surface area (Å²) in [6, 6.07) is 0. The molecule has 3 heteroatoms. The van der Waals surface area contributed by atoms with Crippen molar-refractivity contribution in [1.29, 1.82) is 0 Å². The molecule has 0 fully saturated rings. The second kappa shape index (κ2) is 5.48. The maximum atomic E-state index is 11.8. The van der Waals surface area contributed by atoms with Crippen LogP contribution >= 0.6 is 0 Å². The summed E-state index contributed by atoms with van der Waals surface area (Å²) in [5.41, 5.74) is 1.73. The molecule has 1 rings (SSSR count). The minimum atomic E-state index is 0.250. The third kappa shape index (κ3) is 3.63. The van der Waals surface area contributed by atoms with Crippen LogP contribution in [0.3, 0.4) is 0 Å². The average Bonchev–Trinajstić information content (AvgIpc) is 2.25. The number of nitrogens with zero attached hydrogens (tertiary/aromatic N) is 1. The Balaban J connectivity index is 2.48. The third-order valence-corrected chi connectivity index (χ3v) is 3.11. The number of hydrogen-bond donors (Lipinski definition) is 1. The summed E-state index contributed by atoms with van der Waals surface area (Å²) in [5, 5.41) is 3.01. The lowest BCUT2D eigenvalue weighted by Crippen LogP contribution is -2.37. The molecule has 0 unspecified atom stereocenters. The molecule has 0 saturated carbocycles. The van der Waals surface area contributed by atoms with Gasteiger partial charge in [-0.2, -0.15) is 0 Å². The van der Waals surface area contributed by atoms with Crippen molar-refractivity contribution in [3.63, 3.8) is 0 Å². The quantitative estimate of drug-likeness (QED) is 0.741. The van der Waals surface area contributed by atoms with Crippen molar-refractivity contribution in [2.45, 2.75) is 33.6 Å². The molecule has 3 nitrogen and oxygen atoms in total. The molecule has 1 N–H and O–H groups in total. The van der Waals surface area contributed by atoms with Crippen LogP contribution in [0.1, 0.15) is 33.6 Å². The molecule has 92 valence electrons. The maximum absolute atomic E-state index is 11.8. The van der Waals surface area contributed by atoms with E-state index in [1.165, 1.54) is 5.57 Å². The van der Waals surface area contributed by atoms with Gasteiger partial charge in [-0.3, -0.25) is 4.79 Å². The lowest BCUT2D eigenvalue weighted by molar-refractivity contribution is -0.130. The van der Waals surface area contributed by atoms with Crippen LogP contribution < -0.4 is 5.32 Å². The van der Waals surface area contributed by atoms with E-state index in [0.717, 1.165) is 26.1 Å². The van der Waals surface area contributed by atoms with Crippen molar-refractivity contribution in [2.24, 2.45) is 5.41 Å². The van der Waals surface area contributed by atoms with Gasteiger partial charge in [0, 0.05) is 26.1 Å². The number of carbonyl (C=O) groups is 1. The lowest BCUT2D eigenvalue weighted by Gasteiger charge is -2.32. The van der Waals surface area contributed by atoms with E-state index < -0.39 is 0 Å². The zero-order chi connectivity index (χ0) is 12.2. The van der Waals surface area contributed by atoms with Gasteiger partial charge in [0.2, 0.25) is 5.91 Å². The van der Waals surface area contributed by atoms with Crippen molar-refractivity contribution in [2.75, 3.05) is 26.7 Å². The fourth-order valence-corrected chi connectivity index (χ4v) is 1.97. The van der Waals surface area contributed by atoms with Crippen LogP contribution in [0.4, 0.5) is 0 Å². The summed E-state index contributed by atoms with van der Waals surface area (Å²) in [6.07, 6.45) is 3.85. The largest absolute Gasteiger partial charge is 0.339 e. The standard InChI is InChI=1S/C13H24N2O/c1-13(2,3)11-6-9-15(10-7-11)12(16)5-8-14-4/h6,14H,5,7-10H2,1-4H3. The van der Waals surface area contributed by atoms with Crippen molar-refractivity contribution in [1.82, 2.24) is 10.2 Å². The summed E-state index contributed by atoms with van der Waals surface area (Å²) < 4.78 is 0. The zero-order valence-electron chi connectivity index (χ0n) is 11.0. The minimum Gasteiger partial charge on any atom is -0.339 e.